The van der Waals surface area contributed by atoms with Crippen LogP contribution in [0.5, 0.6) is 0 Å². The van der Waals surface area contributed by atoms with Gasteiger partial charge in [-0.05, 0) is 33.6 Å². The van der Waals surface area contributed by atoms with Crippen LogP contribution < -0.4 is 0 Å². The summed E-state index contributed by atoms with van der Waals surface area (Å²) in [7, 11) is 0. The Kier molecular flexibility index (Phi) is 4.08. The molecule has 0 aromatic carbocycles. The molecule has 1 atom stereocenters. The van der Waals surface area contributed by atoms with Gasteiger partial charge in [0.15, 0.2) is 0 Å². The third kappa shape index (κ3) is 3.64. The molecule has 1 spiro atoms. The molecular formula is C14H21F3N2O3. The summed E-state index contributed by atoms with van der Waals surface area (Å²) in [5.74, 6) is -1.79. The molecule has 2 saturated heterocycles. The first-order valence-corrected chi connectivity index (χ1v) is 7.26. The summed E-state index contributed by atoms with van der Waals surface area (Å²) in [6.45, 7) is 6.19. The topological polar surface area (TPSA) is 49.9 Å². The number of amides is 2. The molecule has 2 rings (SSSR count). The Morgan fingerprint density at radius 1 is 1.00 bits per heavy atom. The van der Waals surface area contributed by atoms with Crippen LogP contribution in [0.2, 0.25) is 0 Å². The Hall–Kier alpha value is -1.47. The van der Waals surface area contributed by atoms with E-state index in [1.165, 1.54) is 4.90 Å². The van der Waals surface area contributed by atoms with Crippen LogP contribution in [0.15, 0.2) is 0 Å². The standard InChI is InChI=1S/C14H21F3N2O3/c1-12(2,3)22-11(21)19-7-5-13(9-19)4-6-18(8-13)10(20)14(15,16)17/h4-9H2,1-3H3. The molecule has 5 nitrogen and oxygen atoms in total. The number of nitrogens with zero attached hydrogens (tertiary/aromatic N) is 2. The van der Waals surface area contributed by atoms with Gasteiger partial charge in [-0.15, -0.1) is 0 Å². The lowest BCUT2D eigenvalue weighted by atomic mass is 9.86. The highest BCUT2D eigenvalue weighted by Crippen LogP contribution is 2.41. The van der Waals surface area contributed by atoms with Crippen LogP contribution >= 0.6 is 0 Å². The molecule has 2 aliphatic heterocycles. The summed E-state index contributed by atoms with van der Waals surface area (Å²) in [5, 5.41) is 0. The van der Waals surface area contributed by atoms with E-state index in [9.17, 15) is 22.8 Å². The SMILES string of the molecule is CC(C)(C)OC(=O)N1CCC2(CCN(C(=O)C(F)(F)F)C2)C1. The van der Waals surface area contributed by atoms with Crippen molar-refractivity contribution in [1.82, 2.24) is 9.80 Å². The minimum Gasteiger partial charge on any atom is -0.444 e. The van der Waals surface area contributed by atoms with Gasteiger partial charge in [-0.3, -0.25) is 4.79 Å². The minimum atomic E-state index is -4.84. The zero-order valence-electron chi connectivity index (χ0n) is 13.0. The zero-order valence-corrected chi connectivity index (χ0v) is 13.0. The number of carbonyl (C=O) groups excluding carboxylic acids is 2. The van der Waals surface area contributed by atoms with Crippen LogP contribution in [0.25, 0.3) is 0 Å². The molecular weight excluding hydrogens is 301 g/mol. The number of hydrogen-bond acceptors (Lipinski definition) is 3. The number of alkyl halides is 3. The molecule has 0 aromatic heterocycles. The van der Waals surface area contributed by atoms with E-state index in [1.54, 1.807) is 20.8 Å². The summed E-state index contributed by atoms with van der Waals surface area (Å²) in [5.41, 5.74) is -1.04. The van der Waals surface area contributed by atoms with Crippen molar-refractivity contribution in [2.24, 2.45) is 5.41 Å². The summed E-state index contributed by atoms with van der Waals surface area (Å²) >= 11 is 0. The Balaban J connectivity index is 1.96. The number of hydrogen-bond donors (Lipinski definition) is 0. The molecule has 1 unspecified atom stereocenters. The fourth-order valence-corrected chi connectivity index (χ4v) is 3.04. The maximum Gasteiger partial charge on any atom is 0.471 e. The van der Waals surface area contributed by atoms with Crippen molar-refractivity contribution in [1.29, 1.82) is 0 Å². The quantitative estimate of drug-likeness (QED) is 0.688. The molecule has 0 aromatic rings. The first-order valence-electron chi connectivity index (χ1n) is 7.26. The number of likely N-dealkylation sites (tertiary alicyclic amines) is 2. The predicted octanol–water partition coefficient (Wildman–Crippen LogP) is 2.41. The fourth-order valence-electron chi connectivity index (χ4n) is 3.04. The Morgan fingerprint density at radius 3 is 2.00 bits per heavy atom. The van der Waals surface area contributed by atoms with Gasteiger partial charge in [0.1, 0.15) is 5.60 Å². The van der Waals surface area contributed by atoms with Crippen LogP contribution in [0.4, 0.5) is 18.0 Å². The maximum absolute atomic E-state index is 12.5. The largest absolute Gasteiger partial charge is 0.471 e. The van der Waals surface area contributed by atoms with Crippen molar-refractivity contribution < 1.29 is 27.5 Å². The lowest BCUT2D eigenvalue weighted by Crippen LogP contribution is -2.42. The molecule has 8 heteroatoms. The maximum atomic E-state index is 12.5. The van der Waals surface area contributed by atoms with Gasteiger partial charge < -0.3 is 14.5 Å². The summed E-state index contributed by atoms with van der Waals surface area (Å²) in [4.78, 5) is 25.7. The van der Waals surface area contributed by atoms with Crippen molar-refractivity contribution in [3.05, 3.63) is 0 Å². The van der Waals surface area contributed by atoms with Crippen molar-refractivity contribution in [2.45, 2.75) is 45.4 Å². The monoisotopic (exact) mass is 322 g/mol. The van der Waals surface area contributed by atoms with Gasteiger partial charge in [0.05, 0.1) is 0 Å². The molecule has 2 fully saturated rings. The van der Waals surface area contributed by atoms with E-state index in [-0.39, 0.29) is 13.1 Å². The van der Waals surface area contributed by atoms with Crippen molar-refractivity contribution in [2.75, 3.05) is 26.2 Å². The van der Waals surface area contributed by atoms with Crippen LogP contribution in [0.3, 0.4) is 0 Å². The average molecular weight is 322 g/mol. The second-order valence-corrected chi connectivity index (χ2v) is 7.13. The molecule has 2 amide bonds. The number of rotatable bonds is 0. The highest BCUT2D eigenvalue weighted by atomic mass is 19.4. The van der Waals surface area contributed by atoms with Crippen LogP contribution in [-0.4, -0.2) is 59.8 Å². The first kappa shape index (κ1) is 16.9. The fraction of sp³-hybridized carbons (Fsp3) is 0.857. The lowest BCUT2D eigenvalue weighted by molar-refractivity contribution is -0.184. The van der Waals surface area contributed by atoms with Gasteiger partial charge in [-0.2, -0.15) is 13.2 Å². The Labute approximate surface area is 127 Å². The number of carbonyl (C=O) groups is 2. The van der Waals surface area contributed by atoms with E-state index in [0.29, 0.717) is 25.9 Å². The smallest absolute Gasteiger partial charge is 0.444 e. The van der Waals surface area contributed by atoms with Gasteiger partial charge in [0.25, 0.3) is 0 Å². The predicted molar refractivity (Wildman–Crippen MR) is 72.1 cm³/mol. The van der Waals surface area contributed by atoms with E-state index in [2.05, 4.69) is 0 Å². The third-order valence-electron chi connectivity index (χ3n) is 4.06. The minimum absolute atomic E-state index is 0.0463. The zero-order chi connectivity index (χ0) is 16.8. The molecule has 0 aliphatic carbocycles. The number of ether oxygens (including phenoxy) is 1. The Bertz CT molecular complexity index is 473. The molecule has 0 bridgehead atoms. The average Bonchev–Trinajstić information content (AvgIpc) is 2.93. The molecule has 2 aliphatic rings. The molecule has 0 radical (unpaired) electrons. The van der Waals surface area contributed by atoms with Crippen LogP contribution in [0, 0.1) is 5.41 Å². The van der Waals surface area contributed by atoms with Gasteiger partial charge in [-0.25, -0.2) is 4.79 Å². The molecule has 126 valence electrons. The highest BCUT2D eigenvalue weighted by Gasteiger charge is 2.51. The van der Waals surface area contributed by atoms with Gasteiger partial charge in [0, 0.05) is 31.6 Å². The van der Waals surface area contributed by atoms with Crippen LogP contribution in [0.1, 0.15) is 33.6 Å². The normalized spacial score (nSPS) is 25.9. The summed E-state index contributed by atoms with van der Waals surface area (Å²) in [6.07, 6.45) is -4.22. The van der Waals surface area contributed by atoms with E-state index in [4.69, 9.17) is 4.74 Å². The van der Waals surface area contributed by atoms with Gasteiger partial charge >= 0.3 is 18.2 Å². The van der Waals surface area contributed by atoms with E-state index in [0.717, 1.165) is 4.90 Å². The second kappa shape index (κ2) is 5.31. The van der Waals surface area contributed by atoms with Crippen molar-refractivity contribution in [3.8, 4) is 0 Å². The summed E-state index contributed by atoms with van der Waals surface area (Å²) < 4.78 is 42.8. The van der Waals surface area contributed by atoms with E-state index < -0.39 is 29.2 Å². The Morgan fingerprint density at radius 2 is 1.50 bits per heavy atom. The second-order valence-electron chi connectivity index (χ2n) is 7.13. The van der Waals surface area contributed by atoms with Crippen LogP contribution in [-0.2, 0) is 9.53 Å². The number of halogens is 3. The van der Waals surface area contributed by atoms with Crippen molar-refractivity contribution in [3.63, 3.8) is 0 Å². The van der Waals surface area contributed by atoms with Gasteiger partial charge in [-0.1, -0.05) is 0 Å². The molecule has 0 N–H and O–H groups in total. The first-order chi connectivity index (χ1) is 9.92. The summed E-state index contributed by atoms with van der Waals surface area (Å²) in [6, 6.07) is 0. The molecule has 0 saturated carbocycles. The lowest BCUT2D eigenvalue weighted by Gasteiger charge is -2.27. The van der Waals surface area contributed by atoms with E-state index in [1.807, 2.05) is 0 Å². The third-order valence-corrected chi connectivity index (χ3v) is 4.06. The molecule has 22 heavy (non-hydrogen) atoms. The molecule has 2 heterocycles. The van der Waals surface area contributed by atoms with Crippen molar-refractivity contribution >= 4 is 12.0 Å². The van der Waals surface area contributed by atoms with E-state index >= 15 is 0 Å². The highest BCUT2D eigenvalue weighted by molar-refractivity contribution is 5.82. The van der Waals surface area contributed by atoms with Gasteiger partial charge in [0.2, 0.25) is 0 Å².